The van der Waals surface area contributed by atoms with E-state index in [0.717, 1.165) is 19.1 Å². The minimum atomic E-state index is -2.00. The van der Waals surface area contributed by atoms with Crippen LogP contribution in [0, 0.1) is 0 Å². The van der Waals surface area contributed by atoms with Crippen LogP contribution in [0.2, 0.25) is 45.3 Å². The van der Waals surface area contributed by atoms with Gasteiger partial charge in [0.15, 0.2) is 17.4 Å². The van der Waals surface area contributed by atoms with Crippen molar-refractivity contribution in [2.45, 2.75) is 51.7 Å². The molecule has 0 bridgehead atoms. The van der Waals surface area contributed by atoms with E-state index in [2.05, 4.69) is 39.3 Å². The number of methoxy groups -OCH3 is 1. The molecule has 7 heteroatoms. The summed E-state index contributed by atoms with van der Waals surface area (Å²) in [5.74, 6) is 0. The Morgan fingerprint density at radius 2 is 1.58 bits per heavy atom. The zero-order valence-corrected chi connectivity index (χ0v) is 16.9. The van der Waals surface area contributed by atoms with Crippen molar-refractivity contribution in [1.82, 2.24) is 0 Å². The first-order valence-electron chi connectivity index (χ1n) is 7.13. The summed E-state index contributed by atoms with van der Waals surface area (Å²) in [6.07, 6.45) is 1.01. The Morgan fingerprint density at radius 3 is 2.05 bits per heavy atom. The maximum atomic E-state index is 6.37. The normalized spacial score (nSPS) is 15.8. The zero-order chi connectivity index (χ0) is 14.9. The van der Waals surface area contributed by atoms with Crippen molar-refractivity contribution >= 4 is 25.9 Å². The minimum Gasteiger partial charge on any atom is -0.439 e. The molecule has 0 amide bonds. The molecule has 19 heavy (non-hydrogen) atoms. The second-order valence-electron chi connectivity index (χ2n) is 6.22. The smallest absolute Gasteiger partial charge is 0.314 e. The molecule has 0 fully saturated rings. The van der Waals surface area contributed by atoms with Crippen molar-refractivity contribution in [1.29, 1.82) is 0 Å². The fourth-order valence-corrected chi connectivity index (χ4v) is 13.5. The first kappa shape index (κ1) is 19.5. The molecule has 0 aromatic heterocycles. The van der Waals surface area contributed by atoms with Crippen molar-refractivity contribution in [3.05, 3.63) is 0 Å². The van der Waals surface area contributed by atoms with E-state index >= 15 is 0 Å². The lowest BCUT2D eigenvalue weighted by atomic mass is 10.5. The van der Waals surface area contributed by atoms with E-state index in [4.69, 9.17) is 17.7 Å². The average molecular weight is 325 g/mol. The molecule has 0 saturated carbocycles. The van der Waals surface area contributed by atoms with Gasteiger partial charge in [0.05, 0.1) is 13.2 Å². The maximum Gasteiger partial charge on any atom is 0.314 e. The van der Waals surface area contributed by atoms with Crippen LogP contribution in [0.3, 0.4) is 0 Å². The Morgan fingerprint density at radius 1 is 0.947 bits per heavy atom. The van der Waals surface area contributed by atoms with E-state index in [1.165, 1.54) is 0 Å². The molecule has 0 aromatic carbocycles. The lowest BCUT2D eigenvalue weighted by Crippen LogP contribution is -2.49. The van der Waals surface area contributed by atoms with E-state index in [9.17, 15) is 0 Å². The fraction of sp³-hybridized carbons (Fsp3) is 1.00. The standard InChI is InChI=1S/C12H32O4Si3/c1-13-10-11-14-9-8-12-19(7,15-17(2)3)16-18(4,5)6/h17H,8-12H2,1-7H3. The fourth-order valence-electron chi connectivity index (χ4n) is 2.02. The molecule has 0 rings (SSSR count). The SMILES string of the molecule is COCCOCCC[Si](C)(O[SiH](C)C)O[Si](C)(C)C. The van der Waals surface area contributed by atoms with Gasteiger partial charge in [0.2, 0.25) is 0 Å². The molecule has 0 radical (unpaired) electrons. The number of ether oxygens (including phenoxy) is 2. The molecular weight excluding hydrogens is 292 g/mol. The first-order chi connectivity index (χ1) is 8.68. The summed E-state index contributed by atoms with van der Waals surface area (Å²) in [5, 5.41) is 0. The molecule has 1 unspecified atom stereocenters. The van der Waals surface area contributed by atoms with Crippen LogP contribution in [-0.4, -0.2) is 52.8 Å². The van der Waals surface area contributed by atoms with Gasteiger partial charge >= 0.3 is 8.56 Å². The molecule has 0 heterocycles. The van der Waals surface area contributed by atoms with Crippen molar-refractivity contribution in [3.63, 3.8) is 0 Å². The Bertz CT molecular complexity index is 234. The quantitative estimate of drug-likeness (QED) is 0.432. The second-order valence-corrected chi connectivity index (χ2v) is 17.1. The van der Waals surface area contributed by atoms with Crippen molar-refractivity contribution in [3.8, 4) is 0 Å². The van der Waals surface area contributed by atoms with Crippen LogP contribution in [0.25, 0.3) is 0 Å². The third-order valence-corrected chi connectivity index (χ3v) is 11.7. The monoisotopic (exact) mass is 324 g/mol. The highest BCUT2D eigenvalue weighted by molar-refractivity contribution is 6.84. The third-order valence-electron chi connectivity index (χ3n) is 2.36. The van der Waals surface area contributed by atoms with Gasteiger partial charge in [0.1, 0.15) is 0 Å². The van der Waals surface area contributed by atoms with Crippen LogP contribution < -0.4 is 0 Å². The summed E-state index contributed by atoms with van der Waals surface area (Å²) >= 11 is 0. The number of hydrogen-bond donors (Lipinski definition) is 0. The summed E-state index contributed by atoms with van der Waals surface area (Å²) in [6, 6.07) is 1.02. The Kier molecular flexibility index (Phi) is 9.67. The highest BCUT2D eigenvalue weighted by Crippen LogP contribution is 2.22. The molecule has 0 spiro atoms. The number of rotatable bonds is 11. The lowest BCUT2D eigenvalue weighted by Gasteiger charge is -2.35. The van der Waals surface area contributed by atoms with E-state index in [1.807, 2.05) is 0 Å². The molecule has 1 atom stereocenters. The molecule has 0 aliphatic heterocycles. The summed E-state index contributed by atoms with van der Waals surface area (Å²) < 4.78 is 23.1. The minimum absolute atomic E-state index is 0.662. The topological polar surface area (TPSA) is 36.9 Å². The van der Waals surface area contributed by atoms with E-state index in [1.54, 1.807) is 7.11 Å². The van der Waals surface area contributed by atoms with Gasteiger partial charge in [-0.1, -0.05) is 0 Å². The van der Waals surface area contributed by atoms with E-state index < -0.39 is 25.9 Å². The van der Waals surface area contributed by atoms with E-state index in [-0.39, 0.29) is 0 Å². The van der Waals surface area contributed by atoms with Gasteiger partial charge in [0.25, 0.3) is 0 Å². The first-order valence-corrected chi connectivity index (χ1v) is 15.8. The summed E-state index contributed by atoms with van der Waals surface area (Å²) in [5.41, 5.74) is 0. The molecule has 0 aliphatic carbocycles. The molecule has 0 aliphatic rings. The van der Waals surface area contributed by atoms with Crippen LogP contribution in [0.4, 0.5) is 0 Å². The molecule has 0 saturated heterocycles. The van der Waals surface area contributed by atoms with Gasteiger partial charge in [0, 0.05) is 13.7 Å². The van der Waals surface area contributed by atoms with Crippen LogP contribution in [0.15, 0.2) is 0 Å². The molecule has 0 aromatic rings. The summed E-state index contributed by atoms with van der Waals surface area (Å²) in [7, 11) is -2.91. The predicted octanol–water partition coefficient (Wildman–Crippen LogP) is 2.96. The highest BCUT2D eigenvalue weighted by atomic mass is 28.5. The zero-order valence-electron chi connectivity index (χ0n) is 13.7. The largest absolute Gasteiger partial charge is 0.439 e. The van der Waals surface area contributed by atoms with Crippen LogP contribution in [0.5, 0.6) is 0 Å². The average Bonchev–Trinajstić information content (AvgIpc) is 2.19. The van der Waals surface area contributed by atoms with Gasteiger partial charge < -0.3 is 17.7 Å². The Labute approximate surface area is 122 Å². The molecule has 4 nitrogen and oxygen atoms in total. The van der Waals surface area contributed by atoms with Crippen molar-refractivity contribution in [2.24, 2.45) is 0 Å². The van der Waals surface area contributed by atoms with Gasteiger partial charge in [-0.25, -0.2) is 0 Å². The van der Waals surface area contributed by atoms with Crippen molar-refractivity contribution < 1.29 is 17.7 Å². The molecule has 116 valence electrons. The van der Waals surface area contributed by atoms with Gasteiger partial charge in [-0.3, -0.25) is 0 Å². The van der Waals surface area contributed by atoms with Crippen LogP contribution >= 0.6 is 0 Å². The van der Waals surface area contributed by atoms with Gasteiger partial charge in [-0.2, -0.15) is 0 Å². The number of hydrogen-bond acceptors (Lipinski definition) is 4. The maximum absolute atomic E-state index is 6.37. The van der Waals surface area contributed by atoms with Crippen LogP contribution in [0.1, 0.15) is 6.42 Å². The van der Waals surface area contributed by atoms with Crippen LogP contribution in [-0.2, 0) is 17.7 Å². The molecule has 0 N–H and O–H groups in total. The van der Waals surface area contributed by atoms with Gasteiger partial charge in [-0.05, 0) is 51.7 Å². The summed E-state index contributed by atoms with van der Waals surface area (Å²) in [6.45, 7) is 15.5. The Hall–Kier alpha value is 0.491. The van der Waals surface area contributed by atoms with E-state index in [0.29, 0.717) is 13.2 Å². The van der Waals surface area contributed by atoms with Crippen molar-refractivity contribution in [2.75, 3.05) is 26.9 Å². The third kappa shape index (κ3) is 12.0. The summed E-state index contributed by atoms with van der Waals surface area (Å²) in [4.78, 5) is 0. The molecular formula is C12H32O4Si3. The van der Waals surface area contributed by atoms with Gasteiger partial charge in [-0.15, -0.1) is 0 Å². The lowest BCUT2D eigenvalue weighted by molar-refractivity contribution is 0.0704. The Balaban J connectivity index is 4.13. The second kappa shape index (κ2) is 9.43. The highest BCUT2D eigenvalue weighted by Gasteiger charge is 2.36. The predicted molar refractivity (Wildman–Crippen MR) is 88.1 cm³/mol.